The number of hydrogen-bond donors (Lipinski definition) is 0. The van der Waals surface area contributed by atoms with Crippen LogP contribution in [0.1, 0.15) is 36.0 Å². The van der Waals surface area contributed by atoms with Crippen LogP contribution in [0.4, 0.5) is 0 Å². The highest BCUT2D eigenvalue weighted by molar-refractivity contribution is 5.98. The van der Waals surface area contributed by atoms with Crippen molar-refractivity contribution in [3.05, 3.63) is 36.8 Å². The number of rotatable bonds is 5. The van der Waals surface area contributed by atoms with Crippen molar-refractivity contribution in [2.75, 3.05) is 6.61 Å². The first kappa shape index (κ1) is 11.2. The van der Waals surface area contributed by atoms with E-state index in [0.717, 1.165) is 30.6 Å². The summed E-state index contributed by atoms with van der Waals surface area (Å²) in [5.74, 6) is 1.37. The number of carbonyl (C=O) groups is 1. The molecule has 1 aromatic rings. The summed E-state index contributed by atoms with van der Waals surface area (Å²) < 4.78 is 5.42. The normalized spacial score (nSPS) is 15.6. The molecule has 0 bridgehead atoms. The maximum absolute atomic E-state index is 11.9. The molecule has 0 unspecified atom stereocenters. The van der Waals surface area contributed by atoms with Crippen molar-refractivity contribution in [1.82, 2.24) is 0 Å². The third-order valence-electron chi connectivity index (χ3n) is 3.03. The zero-order valence-corrected chi connectivity index (χ0v) is 9.45. The molecule has 1 fully saturated rings. The van der Waals surface area contributed by atoms with E-state index >= 15 is 0 Å². The van der Waals surface area contributed by atoms with Crippen LogP contribution in [0, 0.1) is 12.8 Å². The molecule has 2 nitrogen and oxygen atoms in total. The van der Waals surface area contributed by atoms with E-state index in [-0.39, 0.29) is 11.7 Å². The van der Waals surface area contributed by atoms with E-state index in [1.807, 2.05) is 24.3 Å². The Hall–Kier alpha value is -1.31. The van der Waals surface area contributed by atoms with Crippen LogP contribution in [0.3, 0.4) is 0 Å². The molecule has 0 heterocycles. The van der Waals surface area contributed by atoms with E-state index in [2.05, 4.69) is 6.92 Å². The molecule has 1 radical (unpaired) electrons. The van der Waals surface area contributed by atoms with Gasteiger partial charge in [0, 0.05) is 11.5 Å². The maximum atomic E-state index is 11.9. The van der Waals surface area contributed by atoms with Gasteiger partial charge in [-0.3, -0.25) is 4.79 Å². The Morgan fingerprint density at radius 2 is 2.00 bits per heavy atom. The molecule has 2 rings (SSSR count). The Bertz CT molecular complexity index is 350. The lowest BCUT2D eigenvalue weighted by molar-refractivity contribution is 0.0855. The van der Waals surface area contributed by atoms with Crippen molar-refractivity contribution in [3.63, 3.8) is 0 Å². The van der Waals surface area contributed by atoms with Gasteiger partial charge in [-0.2, -0.15) is 0 Å². The summed E-state index contributed by atoms with van der Waals surface area (Å²) >= 11 is 0. The van der Waals surface area contributed by atoms with E-state index in [4.69, 9.17) is 4.74 Å². The molecule has 0 atom stereocenters. The van der Waals surface area contributed by atoms with Gasteiger partial charge in [0.25, 0.3) is 0 Å². The zero-order chi connectivity index (χ0) is 11.4. The molecular weight excluding hydrogens is 200 g/mol. The monoisotopic (exact) mass is 217 g/mol. The second-order valence-electron chi connectivity index (χ2n) is 4.22. The van der Waals surface area contributed by atoms with Crippen molar-refractivity contribution < 1.29 is 9.53 Å². The van der Waals surface area contributed by atoms with Crippen LogP contribution in [0.2, 0.25) is 0 Å². The van der Waals surface area contributed by atoms with Gasteiger partial charge in [0.1, 0.15) is 5.75 Å². The molecular formula is C14H17O2. The molecule has 1 aliphatic rings. The summed E-state index contributed by atoms with van der Waals surface area (Å²) in [5.41, 5.74) is 0.812. The molecule has 1 aliphatic carbocycles. The van der Waals surface area contributed by atoms with Crippen LogP contribution in [-0.2, 0) is 0 Å². The lowest BCUT2D eigenvalue weighted by Crippen LogP contribution is -2.21. The number of Topliss-reactive ketones (excluding diaryl/α,β-unsaturated/α-hetero) is 1. The van der Waals surface area contributed by atoms with Crippen LogP contribution in [0.5, 0.6) is 5.75 Å². The van der Waals surface area contributed by atoms with Gasteiger partial charge >= 0.3 is 0 Å². The smallest absolute Gasteiger partial charge is 0.165 e. The topological polar surface area (TPSA) is 26.3 Å². The fraction of sp³-hybridized carbons (Fsp3) is 0.429. The molecule has 0 spiro atoms. The van der Waals surface area contributed by atoms with Gasteiger partial charge in [-0.25, -0.2) is 0 Å². The maximum Gasteiger partial charge on any atom is 0.165 e. The highest BCUT2D eigenvalue weighted by Crippen LogP contribution is 2.30. The number of ether oxygens (including phenoxy) is 1. The predicted molar refractivity (Wildman–Crippen MR) is 63.6 cm³/mol. The van der Waals surface area contributed by atoms with Crippen molar-refractivity contribution in [2.24, 2.45) is 5.92 Å². The van der Waals surface area contributed by atoms with Crippen molar-refractivity contribution in [2.45, 2.75) is 25.7 Å². The Morgan fingerprint density at radius 1 is 1.31 bits per heavy atom. The van der Waals surface area contributed by atoms with Crippen LogP contribution < -0.4 is 4.74 Å². The largest absolute Gasteiger partial charge is 0.494 e. The molecule has 16 heavy (non-hydrogen) atoms. The van der Waals surface area contributed by atoms with E-state index < -0.39 is 0 Å². The summed E-state index contributed by atoms with van der Waals surface area (Å²) in [6.45, 7) is 4.33. The first-order valence-electron chi connectivity index (χ1n) is 5.87. The Balaban J connectivity index is 1.98. The number of carbonyl (C=O) groups excluding carboxylic acids is 1. The third kappa shape index (κ3) is 2.43. The highest BCUT2D eigenvalue weighted by atomic mass is 16.5. The van der Waals surface area contributed by atoms with E-state index in [0.29, 0.717) is 6.61 Å². The molecule has 0 saturated heterocycles. The zero-order valence-electron chi connectivity index (χ0n) is 9.45. The standard InChI is InChI=1S/C14H17O2/c1-2-10-16-13-8-6-12(7-9-13)14(15)11-4-3-5-11/h6-9,11H,1-5,10H2. The minimum absolute atomic E-state index is 0.270. The SMILES string of the molecule is [CH2]CCOc1ccc(C(=O)C2CCC2)cc1. The van der Waals surface area contributed by atoms with Gasteiger partial charge in [-0.1, -0.05) is 6.42 Å². The van der Waals surface area contributed by atoms with E-state index in [9.17, 15) is 4.79 Å². The summed E-state index contributed by atoms with van der Waals surface area (Å²) in [7, 11) is 0. The van der Waals surface area contributed by atoms with Gasteiger partial charge in [-0.05, 0) is 50.5 Å². The Labute approximate surface area is 96.6 Å². The van der Waals surface area contributed by atoms with Gasteiger partial charge in [0.2, 0.25) is 0 Å². The quantitative estimate of drug-likeness (QED) is 0.707. The lowest BCUT2D eigenvalue weighted by atomic mass is 9.80. The van der Waals surface area contributed by atoms with Crippen LogP contribution in [0.25, 0.3) is 0 Å². The van der Waals surface area contributed by atoms with Crippen molar-refractivity contribution >= 4 is 5.78 Å². The van der Waals surface area contributed by atoms with Gasteiger partial charge in [0.15, 0.2) is 5.78 Å². The molecule has 2 heteroatoms. The molecule has 85 valence electrons. The first-order valence-corrected chi connectivity index (χ1v) is 5.87. The molecule has 1 aromatic carbocycles. The Kier molecular flexibility index (Phi) is 3.60. The molecule has 0 aliphatic heterocycles. The molecule has 0 amide bonds. The summed E-state index contributed by atoms with van der Waals surface area (Å²) in [6, 6.07) is 7.45. The van der Waals surface area contributed by atoms with E-state index in [1.165, 1.54) is 6.42 Å². The van der Waals surface area contributed by atoms with E-state index in [1.54, 1.807) is 0 Å². The summed E-state index contributed by atoms with van der Waals surface area (Å²) in [5, 5.41) is 0. The number of ketones is 1. The number of hydrogen-bond acceptors (Lipinski definition) is 2. The second-order valence-corrected chi connectivity index (χ2v) is 4.22. The van der Waals surface area contributed by atoms with Gasteiger partial charge in [0.05, 0.1) is 6.61 Å². The minimum atomic E-state index is 0.270. The summed E-state index contributed by atoms with van der Waals surface area (Å²) in [6.07, 6.45) is 4.06. The highest BCUT2D eigenvalue weighted by Gasteiger charge is 2.25. The average molecular weight is 217 g/mol. The second kappa shape index (κ2) is 5.15. The molecule has 1 saturated carbocycles. The van der Waals surface area contributed by atoms with Crippen molar-refractivity contribution in [3.8, 4) is 5.75 Å². The fourth-order valence-corrected chi connectivity index (χ4v) is 1.81. The van der Waals surface area contributed by atoms with Gasteiger partial charge in [-0.15, -0.1) is 0 Å². The average Bonchev–Trinajstić information content (AvgIpc) is 2.24. The van der Waals surface area contributed by atoms with Crippen LogP contribution >= 0.6 is 0 Å². The van der Waals surface area contributed by atoms with Crippen molar-refractivity contribution in [1.29, 1.82) is 0 Å². The lowest BCUT2D eigenvalue weighted by Gasteiger charge is -2.23. The minimum Gasteiger partial charge on any atom is -0.494 e. The van der Waals surface area contributed by atoms with Crippen LogP contribution in [0.15, 0.2) is 24.3 Å². The third-order valence-corrected chi connectivity index (χ3v) is 3.03. The van der Waals surface area contributed by atoms with Gasteiger partial charge < -0.3 is 4.74 Å². The first-order chi connectivity index (χ1) is 7.81. The fourth-order valence-electron chi connectivity index (χ4n) is 1.81. The van der Waals surface area contributed by atoms with Crippen LogP contribution in [-0.4, -0.2) is 12.4 Å². The predicted octanol–water partition coefficient (Wildman–Crippen LogP) is 3.27. The number of benzene rings is 1. The molecule has 0 N–H and O–H groups in total. The molecule has 0 aromatic heterocycles. The Morgan fingerprint density at radius 3 is 2.50 bits per heavy atom. The summed E-state index contributed by atoms with van der Waals surface area (Å²) in [4.78, 5) is 11.9.